The smallest absolute Gasteiger partial charge is 0.283 e. The number of rotatable bonds is 43. The van der Waals surface area contributed by atoms with Crippen LogP contribution in [0.4, 0.5) is 0 Å². The molecule has 4 fully saturated rings. The molecule has 1 heterocycles. The van der Waals surface area contributed by atoms with Gasteiger partial charge in [-0.15, -0.1) is 0 Å². The Bertz CT molecular complexity index is 2950. The molecule has 0 radical (unpaired) electrons. The first-order valence-electron chi connectivity index (χ1n) is 49.6. The number of benzene rings is 3. The van der Waals surface area contributed by atoms with Gasteiger partial charge in [0, 0.05) is 39.0 Å². The molecule has 4 aromatic rings. The summed E-state index contributed by atoms with van der Waals surface area (Å²) in [6, 6.07) is 26.0. The highest BCUT2D eigenvalue weighted by molar-refractivity contribution is 5.95. The zero-order valence-electron chi connectivity index (χ0n) is 79.9. The lowest BCUT2D eigenvalue weighted by Gasteiger charge is -2.45. The lowest BCUT2D eigenvalue weighted by atomic mass is 9.60. The van der Waals surface area contributed by atoms with Crippen molar-refractivity contribution in [2.45, 2.75) is 537 Å². The summed E-state index contributed by atoms with van der Waals surface area (Å²) < 4.78 is 3.93. The number of aromatic nitrogens is 3. The van der Waals surface area contributed by atoms with Crippen LogP contribution in [0, 0.1) is 80.0 Å². The third-order valence-electron chi connectivity index (χ3n) is 26.0. The molecule has 3 aromatic carbocycles. The Hall–Kier alpha value is -4.79. The van der Waals surface area contributed by atoms with Gasteiger partial charge in [-0.3, -0.25) is 14.5 Å². The second-order valence-corrected chi connectivity index (χ2v) is 39.1. The molecule has 8 rings (SSSR count). The van der Waals surface area contributed by atoms with Crippen LogP contribution in [0.2, 0.25) is 0 Å². The van der Waals surface area contributed by atoms with Crippen molar-refractivity contribution in [3.05, 3.63) is 138 Å². The van der Waals surface area contributed by atoms with Crippen molar-refractivity contribution in [2.24, 2.45) is 52.3 Å². The van der Waals surface area contributed by atoms with E-state index >= 15 is 0 Å². The molecule has 2 atom stereocenters. The van der Waals surface area contributed by atoms with Gasteiger partial charge in [-0.25, -0.2) is 28.1 Å². The summed E-state index contributed by atoms with van der Waals surface area (Å²) in [5.74, 6) is 7.35. The molecule has 0 saturated heterocycles. The quantitative estimate of drug-likeness (QED) is 0.0411. The summed E-state index contributed by atoms with van der Waals surface area (Å²) in [7, 11) is 0. The van der Waals surface area contributed by atoms with Gasteiger partial charge in [0.15, 0.2) is 0 Å². The van der Waals surface area contributed by atoms with Crippen LogP contribution in [0.25, 0.3) is 0 Å². The predicted octanol–water partition coefficient (Wildman–Crippen LogP) is 35.7. The molecule has 4 aliphatic rings. The molecule has 0 spiro atoms. The van der Waals surface area contributed by atoms with Crippen LogP contribution >= 0.6 is 0 Å². The van der Waals surface area contributed by atoms with Crippen LogP contribution in [0.3, 0.4) is 0 Å². The highest BCUT2D eigenvalue weighted by Gasteiger charge is 2.38. The first-order chi connectivity index (χ1) is 55.7. The zero-order valence-corrected chi connectivity index (χ0v) is 79.9. The van der Waals surface area contributed by atoms with Crippen LogP contribution < -0.4 is 17.1 Å². The van der Waals surface area contributed by atoms with Crippen molar-refractivity contribution < 1.29 is 9.59 Å². The van der Waals surface area contributed by atoms with Gasteiger partial charge in [-0.2, -0.15) is 0 Å². The van der Waals surface area contributed by atoms with E-state index in [-0.39, 0.29) is 63.8 Å². The normalized spacial score (nSPS) is 18.9. The number of nitrogens with zero attached hydrogens (tertiary/aromatic N) is 4. The Morgan fingerprint density at radius 3 is 0.837 bits per heavy atom. The number of carbonyl (C=O) groups is 2. The second-order valence-electron chi connectivity index (χ2n) is 39.1. The minimum atomic E-state index is -0.418. The van der Waals surface area contributed by atoms with Crippen molar-refractivity contribution in [3.8, 4) is 0 Å². The molecule has 2 unspecified atom stereocenters. The predicted molar refractivity (Wildman–Crippen MR) is 554 cm³/mol. The maximum absolute atomic E-state index is 12.9. The summed E-state index contributed by atoms with van der Waals surface area (Å²) in [6.07, 6.45) is 63.0. The zero-order chi connectivity index (χ0) is 85.8. The van der Waals surface area contributed by atoms with Gasteiger partial charge in [0.2, 0.25) is 11.8 Å². The number of unbranched alkanes of at least 4 members (excludes halogenated alkanes) is 26. The highest BCUT2D eigenvalue weighted by atomic mass is 16.2. The third kappa shape index (κ3) is 62.2. The minimum absolute atomic E-state index is 0. The fourth-order valence-corrected chi connectivity index (χ4v) is 18.3. The van der Waals surface area contributed by atoms with E-state index in [1.54, 1.807) is 11.3 Å². The molecule has 0 N–H and O–H groups in total. The first kappa shape index (κ1) is 129. The van der Waals surface area contributed by atoms with Gasteiger partial charge >= 0.3 is 17.1 Å². The molecule has 9 nitrogen and oxygen atoms in total. The van der Waals surface area contributed by atoms with Gasteiger partial charge in [0.1, 0.15) is 0 Å². The Morgan fingerprint density at radius 1 is 0.325 bits per heavy atom. The van der Waals surface area contributed by atoms with E-state index in [4.69, 9.17) is 0 Å². The third-order valence-corrected chi connectivity index (χ3v) is 26.0. The van der Waals surface area contributed by atoms with Crippen molar-refractivity contribution in [2.75, 3.05) is 6.54 Å². The Kier molecular flexibility index (Phi) is 83.2. The molecule has 0 aliphatic heterocycles. The van der Waals surface area contributed by atoms with E-state index in [1.165, 1.54) is 240 Å². The maximum Gasteiger partial charge on any atom is 0.336 e. The lowest BCUT2D eigenvalue weighted by molar-refractivity contribution is -0.145. The van der Waals surface area contributed by atoms with E-state index in [9.17, 15) is 24.0 Å². The first-order valence-corrected chi connectivity index (χ1v) is 49.6. The molecule has 1 aromatic heterocycles. The summed E-state index contributed by atoms with van der Waals surface area (Å²) in [5.41, 5.74) is 8.02. The lowest BCUT2D eigenvalue weighted by Crippen LogP contribution is -2.54. The summed E-state index contributed by atoms with van der Waals surface area (Å²) in [4.78, 5) is 65.7. The average molecular weight is 1720 g/mol. The Morgan fingerprint density at radius 2 is 0.569 bits per heavy atom. The second kappa shape index (κ2) is 79.4. The summed E-state index contributed by atoms with van der Waals surface area (Å²) >= 11 is 0. The summed E-state index contributed by atoms with van der Waals surface area (Å²) in [5, 5.41) is 0. The fourth-order valence-electron chi connectivity index (χ4n) is 18.3. The van der Waals surface area contributed by atoms with Gasteiger partial charge in [-0.05, 0) is 162 Å². The monoisotopic (exact) mass is 1720 g/mol. The van der Waals surface area contributed by atoms with Crippen LogP contribution in [-0.4, -0.2) is 37.0 Å². The SMILES string of the molecule is C.C.C.C.C.C.C.CC1CCC(C)CC1.CC1CCC(CC2CCC(C)CC2)CC1.CCC1(C)CC(C)CC(C)(C)C1.CCCCCCCCC(=O)N(CCCCCCC)C(=O)CCCCCCCC.CCCCCCCn1c(=O)n(CCCCCCC)c(=O)n(CCCCCCC)c1=O.Cc1ccc(C)cc1.Cc1ccc(Cc2ccc(C)cc2)cc1. The number of amides is 2. The molecule has 123 heavy (non-hydrogen) atoms. The van der Waals surface area contributed by atoms with E-state index in [2.05, 4.69) is 204 Å². The molecule has 722 valence electrons. The van der Waals surface area contributed by atoms with E-state index in [0.717, 1.165) is 163 Å². The number of imide groups is 1. The van der Waals surface area contributed by atoms with Crippen molar-refractivity contribution in [3.63, 3.8) is 0 Å². The van der Waals surface area contributed by atoms with Crippen LogP contribution in [0.15, 0.2) is 87.2 Å². The van der Waals surface area contributed by atoms with Gasteiger partial charge in [0.05, 0.1) is 0 Å². The molecule has 9 heteroatoms. The Balaban J connectivity index is -0.000000336. The molecule has 0 bridgehead atoms. The Labute approximate surface area is 768 Å². The van der Waals surface area contributed by atoms with Crippen molar-refractivity contribution in [1.82, 2.24) is 18.6 Å². The standard InChI is InChI=1S/C25H49NO2.C24H45N3O3.C15H28.C15H16.C12H24.C8H16.C8H10.7CH4/c1-4-7-10-13-15-18-21-24(27)26(23-20-17-12-9-6-3)25(28)22-19-16-14-11-8-5-2;1-4-7-10-13-16-19-25-22(28)26(20-17-14-11-8-5-2)24(30)27(23(25)29)21-18-15-12-9-6-3;2*1-12-3-7-14(8-4-12)11-15-9-5-13(2)6-10-15;1-6-12(5)8-10(2)7-11(3,4)9-12;2*1-7-3-5-8(2)6-4-7;;;;;;;/h4-23H2,1-3H3;4-21H2,1-3H3;12-15H,3-11H2,1-2H3;3-10H,11H2,1-2H3;10H,6-9H2,1-5H3;7-8H,3-6H2,1-2H3;3-6H,1-2H3;7*1H4. The molecule has 4 saturated carbocycles. The maximum atomic E-state index is 12.9. The van der Waals surface area contributed by atoms with E-state index in [1.807, 2.05) is 0 Å². The molecular weight excluding hydrogens is 1510 g/mol. The largest absolute Gasteiger partial charge is 0.336 e. The van der Waals surface area contributed by atoms with Crippen molar-refractivity contribution in [1.29, 1.82) is 0 Å². The van der Waals surface area contributed by atoms with E-state index < -0.39 is 17.1 Å². The average Bonchev–Trinajstić information content (AvgIpc) is 0.787. The minimum Gasteiger partial charge on any atom is -0.283 e. The van der Waals surface area contributed by atoms with Crippen LogP contribution in [0.1, 0.15) is 517 Å². The fraction of sp³-hybridized carbons (Fsp3) is 0.798. The van der Waals surface area contributed by atoms with Gasteiger partial charge in [-0.1, -0.05) is 501 Å². The van der Waals surface area contributed by atoms with Crippen molar-refractivity contribution >= 4 is 11.8 Å². The number of hydrogen-bond donors (Lipinski definition) is 0. The van der Waals surface area contributed by atoms with Crippen LogP contribution in [-0.2, 0) is 35.6 Å². The molecule has 2 amide bonds. The number of aryl methyl sites for hydroxylation is 4. The molecular formula is C114H216N4O5. The topological polar surface area (TPSA) is 103 Å². The molecule has 4 aliphatic carbocycles. The highest BCUT2D eigenvalue weighted by Crippen LogP contribution is 2.50. The number of hydrogen-bond acceptors (Lipinski definition) is 5. The summed E-state index contributed by atoms with van der Waals surface area (Å²) in [6.45, 7) is 45.1. The number of carbonyl (C=O) groups excluding carboxylic acids is 2. The van der Waals surface area contributed by atoms with E-state index in [0.29, 0.717) is 49.9 Å². The van der Waals surface area contributed by atoms with Crippen LogP contribution in [0.5, 0.6) is 0 Å². The van der Waals surface area contributed by atoms with Gasteiger partial charge < -0.3 is 0 Å². The van der Waals surface area contributed by atoms with Gasteiger partial charge in [0.25, 0.3) is 0 Å².